The molecule has 1 saturated heterocycles. The molecule has 1 aliphatic heterocycles. The molecule has 1 aliphatic rings. The lowest BCUT2D eigenvalue weighted by Crippen LogP contribution is -2.34. The van der Waals surface area contributed by atoms with Gasteiger partial charge in [0.05, 0.1) is 4.91 Å². The third-order valence-corrected chi connectivity index (χ3v) is 4.68. The van der Waals surface area contributed by atoms with E-state index in [0.29, 0.717) is 26.3 Å². The van der Waals surface area contributed by atoms with E-state index in [1.165, 1.54) is 23.9 Å². The molecule has 23 heavy (non-hydrogen) atoms. The molecule has 2 heterocycles. The van der Waals surface area contributed by atoms with Gasteiger partial charge in [0.15, 0.2) is 0 Å². The Bertz CT molecular complexity index is 810. The Hall–Kier alpha value is -1.92. The lowest BCUT2D eigenvalue weighted by molar-refractivity contribution is -0.123. The predicted molar refractivity (Wildman–Crippen MR) is 94.3 cm³/mol. The number of hydrogen-bond donors (Lipinski definition) is 0. The minimum atomic E-state index is -0.321. The molecular weight excluding hydrogens is 333 g/mol. The van der Waals surface area contributed by atoms with Crippen LogP contribution in [0.4, 0.5) is 4.39 Å². The molecule has 0 bridgehead atoms. The van der Waals surface area contributed by atoms with Gasteiger partial charge in [-0.2, -0.15) is 0 Å². The highest BCUT2D eigenvalue weighted by Gasteiger charge is 2.33. The summed E-state index contributed by atoms with van der Waals surface area (Å²) >= 11 is 6.50. The molecule has 0 spiro atoms. The molecule has 0 radical (unpaired) electrons. The summed E-state index contributed by atoms with van der Waals surface area (Å²) in [6.45, 7) is 3.84. The summed E-state index contributed by atoms with van der Waals surface area (Å²) in [5.41, 5.74) is 0.652. The van der Waals surface area contributed by atoms with Crippen molar-refractivity contribution in [1.82, 2.24) is 4.90 Å². The third kappa shape index (κ3) is 3.23. The van der Waals surface area contributed by atoms with E-state index in [1.54, 1.807) is 35.2 Å². The summed E-state index contributed by atoms with van der Waals surface area (Å²) in [7, 11) is 0. The molecule has 1 amide bonds. The normalized spacial score (nSPS) is 16.9. The molecule has 1 aromatic carbocycles. The van der Waals surface area contributed by atoms with Crippen molar-refractivity contribution in [3.05, 3.63) is 52.9 Å². The smallest absolute Gasteiger partial charge is 0.266 e. The van der Waals surface area contributed by atoms with Crippen molar-refractivity contribution in [3.63, 3.8) is 0 Å². The lowest BCUT2D eigenvalue weighted by atomic mass is 10.2. The van der Waals surface area contributed by atoms with Gasteiger partial charge >= 0.3 is 0 Å². The molecule has 1 fully saturated rings. The highest BCUT2D eigenvalue weighted by atomic mass is 32.2. The van der Waals surface area contributed by atoms with Gasteiger partial charge in [0, 0.05) is 17.7 Å². The highest BCUT2D eigenvalue weighted by Crippen LogP contribution is 2.34. The van der Waals surface area contributed by atoms with Crippen molar-refractivity contribution < 1.29 is 13.6 Å². The molecule has 118 valence electrons. The molecule has 0 unspecified atom stereocenters. The number of amides is 1. The van der Waals surface area contributed by atoms with Gasteiger partial charge in [0.25, 0.3) is 5.91 Å². The molecule has 2 aromatic rings. The zero-order valence-corrected chi connectivity index (χ0v) is 14.2. The zero-order chi connectivity index (χ0) is 16.6. The lowest BCUT2D eigenvalue weighted by Gasteiger charge is -2.18. The summed E-state index contributed by atoms with van der Waals surface area (Å²) in [6.07, 6.45) is 1.67. The predicted octanol–water partition coefficient (Wildman–Crippen LogP) is 4.70. The maximum absolute atomic E-state index is 13.3. The first-order chi connectivity index (χ1) is 11.0. The highest BCUT2D eigenvalue weighted by molar-refractivity contribution is 8.26. The van der Waals surface area contributed by atoms with Gasteiger partial charge in [-0.25, -0.2) is 4.39 Å². The van der Waals surface area contributed by atoms with Crippen molar-refractivity contribution in [1.29, 1.82) is 0 Å². The van der Waals surface area contributed by atoms with Crippen LogP contribution in [0.3, 0.4) is 0 Å². The number of carbonyl (C=O) groups is 1. The second-order valence-corrected chi connectivity index (χ2v) is 7.03. The maximum Gasteiger partial charge on any atom is 0.266 e. The van der Waals surface area contributed by atoms with Crippen molar-refractivity contribution in [2.24, 2.45) is 0 Å². The Balaban J connectivity index is 1.87. The van der Waals surface area contributed by atoms with Crippen molar-refractivity contribution >= 4 is 40.3 Å². The number of benzene rings is 1. The minimum absolute atomic E-state index is 0.0212. The molecule has 3 rings (SSSR count). The third-order valence-electron chi connectivity index (χ3n) is 3.35. The number of rotatable bonds is 3. The number of hydrogen-bond acceptors (Lipinski definition) is 4. The van der Waals surface area contributed by atoms with Gasteiger partial charge in [-0.3, -0.25) is 9.69 Å². The number of nitrogens with zero attached hydrogens (tertiary/aromatic N) is 1. The Morgan fingerprint density at radius 3 is 2.74 bits per heavy atom. The van der Waals surface area contributed by atoms with E-state index in [0.717, 1.165) is 0 Å². The summed E-state index contributed by atoms with van der Waals surface area (Å²) in [4.78, 5) is 14.5. The molecule has 3 nitrogen and oxygen atoms in total. The number of carbonyl (C=O) groups excluding carboxylic acids is 1. The summed E-state index contributed by atoms with van der Waals surface area (Å²) in [5.74, 6) is 0.653. The fourth-order valence-electron chi connectivity index (χ4n) is 2.28. The average Bonchev–Trinajstić information content (AvgIpc) is 3.05. The Labute approximate surface area is 143 Å². The minimum Gasteiger partial charge on any atom is -0.457 e. The first-order valence-corrected chi connectivity index (χ1v) is 8.31. The monoisotopic (exact) mass is 347 g/mol. The van der Waals surface area contributed by atoms with Crippen LogP contribution in [0, 0.1) is 5.82 Å². The van der Waals surface area contributed by atoms with Crippen molar-refractivity contribution in [3.8, 4) is 11.3 Å². The number of thioether (sulfide) groups is 1. The van der Waals surface area contributed by atoms with Crippen molar-refractivity contribution in [2.75, 3.05) is 0 Å². The Morgan fingerprint density at radius 1 is 1.30 bits per heavy atom. The largest absolute Gasteiger partial charge is 0.457 e. The van der Waals surface area contributed by atoms with Crippen LogP contribution in [0.1, 0.15) is 19.6 Å². The molecular formula is C17H14FNO2S2. The average molecular weight is 347 g/mol. The van der Waals surface area contributed by atoms with Crippen LogP contribution in [0.15, 0.2) is 45.7 Å². The number of furan rings is 1. The van der Waals surface area contributed by atoms with Gasteiger partial charge in [-0.1, -0.05) is 36.1 Å². The number of thiocarbonyl (C=S) groups is 1. The van der Waals surface area contributed by atoms with E-state index in [2.05, 4.69) is 0 Å². The SMILES string of the molecule is CC(C)N1C(=O)C(=Cc2ccc(-c3cccc(F)c3)o2)SC1=S. The Morgan fingerprint density at radius 2 is 2.09 bits per heavy atom. The van der Waals surface area contributed by atoms with E-state index in [9.17, 15) is 9.18 Å². The van der Waals surface area contributed by atoms with Gasteiger partial charge in [-0.15, -0.1) is 0 Å². The van der Waals surface area contributed by atoms with E-state index in [1.807, 2.05) is 13.8 Å². The Kier molecular flexibility index (Phi) is 4.37. The van der Waals surface area contributed by atoms with Crippen LogP contribution in [-0.2, 0) is 4.79 Å². The molecule has 1 aromatic heterocycles. The first-order valence-electron chi connectivity index (χ1n) is 7.08. The van der Waals surface area contributed by atoms with E-state index < -0.39 is 0 Å². The summed E-state index contributed by atoms with van der Waals surface area (Å²) < 4.78 is 19.5. The van der Waals surface area contributed by atoms with Crippen LogP contribution < -0.4 is 0 Å². The molecule has 0 aliphatic carbocycles. The molecule has 0 atom stereocenters. The number of halogens is 1. The van der Waals surface area contributed by atoms with Crippen LogP contribution in [0.5, 0.6) is 0 Å². The standard InChI is InChI=1S/C17H14FNO2S2/c1-10(2)19-16(20)15(23-17(19)22)9-13-6-7-14(21-13)11-4-3-5-12(18)8-11/h3-10H,1-2H3. The van der Waals surface area contributed by atoms with Crippen LogP contribution in [0.25, 0.3) is 17.4 Å². The molecule has 6 heteroatoms. The first kappa shape index (κ1) is 16.0. The second-order valence-electron chi connectivity index (χ2n) is 5.36. The fraction of sp³-hybridized carbons (Fsp3) is 0.176. The fourth-order valence-corrected chi connectivity index (χ4v) is 3.79. The molecule has 0 N–H and O–H groups in total. The van der Waals surface area contributed by atoms with Crippen LogP contribution >= 0.6 is 24.0 Å². The van der Waals surface area contributed by atoms with Crippen LogP contribution in [0.2, 0.25) is 0 Å². The van der Waals surface area contributed by atoms with Gasteiger partial charge in [-0.05, 0) is 38.1 Å². The zero-order valence-electron chi connectivity index (χ0n) is 12.6. The van der Waals surface area contributed by atoms with E-state index in [-0.39, 0.29) is 17.8 Å². The second kappa shape index (κ2) is 6.29. The van der Waals surface area contributed by atoms with Gasteiger partial charge < -0.3 is 4.42 Å². The van der Waals surface area contributed by atoms with E-state index in [4.69, 9.17) is 16.6 Å². The van der Waals surface area contributed by atoms with Crippen LogP contribution in [-0.4, -0.2) is 21.2 Å². The van der Waals surface area contributed by atoms with Gasteiger partial charge in [0.1, 0.15) is 21.7 Å². The topological polar surface area (TPSA) is 33.5 Å². The summed E-state index contributed by atoms with van der Waals surface area (Å²) in [5, 5.41) is 0. The van der Waals surface area contributed by atoms with Gasteiger partial charge in [0.2, 0.25) is 0 Å². The maximum atomic E-state index is 13.3. The van der Waals surface area contributed by atoms with E-state index >= 15 is 0 Å². The quantitative estimate of drug-likeness (QED) is 0.595. The van der Waals surface area contributed by atoms with Crippen molar-refractivity contribution in [2.45, 2.75) is 19.9 Å². The molecule has 0 saturated carbocycles. The summed E-state index contributed by atoms with van der Waals surface area (Å²) in [6, 6.07) is 9.70.